The molecule has 0 bridgehead atoms. The van der Waals surface area contributed by atoms with Crippen molar-refractivity contribution in [2.75, 3.05) is 11.1 Å². The smallest absolute Gasteiger partial charge is 0.256 e. The third kappa shape index (κ3) is 3.67. The van der Waals surface area contributed by atoms with Gasteiger partial charge in [-0.1, -0.05) is 19.4 Å². The minimum atomic E-state index is -3.38. The summed E-state index contributed by atoms with van der Waals surface area (Å²) < 4.78 is 24.1. The molecule has 0 saturated carbocycles. The van der Waals surface area contributed by atoms with E-state index in [4.69, 9.17) is 0 Å². The number of fused-ring (bicyclic) bond motifs is 1. The summed E-state index contributed by atoms with van der Waals surface area (Å²) in [5.41, 5.74) is 1.89. The summed E-state index contributed by atoms with van der Waals surface area (Å²) in [6.45, 7) is 1.57. The van der Waals surface area contributed by atoms with Crippen LogP contribution >= 0.6 is 11.3 Å². The lowest BCUT2D eigenvalue weighted by atomic mass is 10.1. The quantitative estimate of drug-likeness (QED) is 0.804. The molecule has 0 radical (unpaired) electrons. The number of benzene rings is 1. The van der Waals surface area contributed by atoms with Crippen LogP contribution in [0.2, 0.25) is 0 Å². The molecule has 0 atom stereocenters. The zero-order chi connectivity index (χ0) is 18.7. The molecule has 1 aromatic carbocycles. The van der Waals surface area contributed by atoms with Crippen LogP contribution in [0.3, 0.4) is 0 Å². The normalized spacial score (nSPS) is 14.2. The molecule has 0 saturated heterocycles. The van der Waals surface area contributed by atoms with Gasteiger partial charge in [-0.05, 0) is 49.4 Å². The first-order valence-electron chi connectivity index (χ1n) is 8.65. The number of hydrogen-bond acceptors (Lipinski definition) is 5. The Bertz CT molecular complexity index is 985. The van der Waals surface area contributed by atoms with Crippen molar-refractivity contribution >= 4 is 32.1 Å². The van der Waals surface area contributed by atoms with Gasteiger partial charge in [-0.3, -0.25) is 4.79 Å². The van der Waals surface area contributed by atoms with Crippen molar-refractivity contribution in [3.05, 3.63) is 45.8 Å². The number of carbonyl (C=O) groups excluding carboxylic acids is 1. The molecule has 1 amide bonds. The first kappa shape index (κ1) is 18.6. The van der Waals surface area contributed by atoms with Crippen LogP contribution in [-0.2, 0) is 22.7 Å². The lowest BCUT2D eigenvalue weighted by molar-refractivity contribution is 0.102. The molecule has 1 N–H and O–H groups in total. The predicted molar refractivity (Wildman–Crippen MR) is 102 cm³/mol. The molecule has 7 heteroatoms. The topological polar surface area (TPSA) is 87.0 Å². The highest BCUT2D eigenvalue weighted by atomic mass is 32.2. The van der Waals surface area contributed by atoms with Gasteiger partial charge in [0.05, 0.1) is 16.2 Å². The second-order valence-electron chi connectivity index (χ2n) is 6.27. The standard InChI is InChI=1S/C19H20N2O3S2/c1-2-26(23,24)14-8-6-7-13(11-14)18(22)21-19-16(12-20)15-9-4-3-5-10-17(15)25-19/h6-8,11H,2-5,9-10H2,1H3,(H,21,22). The van der Waals surface area contributed by atoms with Crippen LogP contribution in [0.4, 0.5) is 5.00 Å². The minimum absolute atomic E-state index is 0.0195. The molecule has 0 fully saturated rings. The summed E-state index contributed by atoms with van der Waals surface area (Å²) in [5.74, 6) is -0.417. The zero-order valence-corrected chi connectivity index (χ0v) is 16.2. The van der Waals surface area contributed by atoms with E-state index in [0.717, 1.165) is 37.7 Å². The molecule has 1 aliphatic rings. The number of sulfone groups is 1. The van der Waals surface area contributed by atoms with Gasteiger partial charge in [-0.15, -0.1) is 11.3 Å². The largest absolute Gasteiger partial charge is 0.312 e. The first-order valence-corrected chi connectivity index (χ1v) is 11.1. The van der Waals surface area contributed by atoms with Crippen LogP contribution in [0, 0.1) is 11.3 Å². The van der Waals surface area contributed by atoms with E-state index >= 15 is 0 Å². The van der Waals surface area contributed by atoms with E-state index in [1.54, 1.807) is 19.1 Å². The van der Waals surface area contributed by atoms with Gasteiger partial charge in [0.25, 0.3) is 5.91 Å². The van der Waals surface area contributed by atoms with Gasteiger partial charge >= 0.3 is 0 Å². The maximum atomic E-state index is 12.6. The van der Waals surface area contributed by atoms with E-state index in [2.05, 4.69) is 11.4 Å². The number of carbonyl (C=O) groups is 1. The second-order valence-corrected chi connectivity index (χ2v) is 9.65. The van der Waals surface area contributed by atoms with E-state index in [1.165, 1.54) is 28.3 Å². The average molecular weight is 389 g/mol. The molecular formula is C19H20N2O3S2. The molecule has 1 heterocycles. The fourth-order valence-corrected chi connectivity index (χ4v) is 5.28. The summed E-state index contributed by atoms with van der Waals surface area (Å²) >= 11 is 1.46. The van der Waals surface area contributed by atoms with Gasteiger partial charge in [0, 0.05) is 10.4 Å². The molecule has 5 nitrogen and oxygen atoms in total. The monoisotopic (exact) mass is 388 g/mol. The highest BCUT2D eigenvalue weighted by Crippen LogP contribution is 2.37. The SMILES string of the molecule is CCS(=O)(=O)c1cccc(C(=O)Nc2sc3c(c2C#N)CCCCC3)c1. The van der Waals surface area contributed by atoms with Crippen molar-refractivity contribution in [3.63, 3.8) is 0 Å². The fraction of sp³-hybridized carbons (Fsp3) is 0.368. The highest BCUT2D eigenvalue weighted by molar-refractivity contribution is 7.91. The number of nitriles is 1. The molecule has 136 valence electrons. The third-order valence-corrected chi connectivity index (χ3v) is 7.54. The maximum Gasteiger partial charge on any atom is 0.256 e. The Kier molecular flexibility index (Phi) is 5.44. The third-order valence-electron chi connectivity index (χ3n) is 4.60. The van der Waals surface area contributed by atoms with E-state index < -0.39 is 15.7 Å². The molecule has 0 aliphatic heterocycles. The summed E-state index contributed by atoms with van der Waals surface area (Å²) in [4.78, 5) is 13.9. The van der Waals surface area contributed by atoms with Crippen LogP contribution in [0.15, 0.2) is 29.2 Å². The molecule has 1 aromatic heterocycles. The molecule has 2 aromatic rings. The van der Waals surface area contributed by atoms with Crippen molar-refractivity contribution in [1.29, 1.82) is 5.26 Å². The number of hydrogen-bond donors (Lipinski definition) is 1. The Balaban J connectivity index is 1.90. The molecule has 26 heavy (non-hydrogen) atoms. The van der Waals surface area contributed by atoms with Gasteiger partial charge in [-0.25, -0.2) is 8.42 Å². The number of rotatable bonds is 4. The number of nitrogens with zero attached hydrogens (tertiary/aromatic N) is 1. The maximum absolute atomic E-state index is 12.6. The van der Waals surface area contributed by atoms with Crippen molar-refractivity contribution < 1.29 is 13.2 Å². The van der Waals surface area contributed by atoms with Gasteiger partial charge in [0.2, 0.25) is 0 Å². The van der Waals surface area contributed by atoms with Crippen LogP contribution in [0.25, 0.3) is 0 Å². The van der Waals surface area contributed by atoms with Crippen LogP contribution in [0.5, 0.6) is 0 Å². The van der Waals surface area contributed by atoms with Crippen LogP contribution in [0.1, 0.15) is 52.5 Å². The van der Waals surface area contributed by atoms with Gasteiger partial charge < -0.3 is 5.32 Å². The minimum Gasteiger partial charge on any atom is -0.312 e. The van der Waals surface area contributed by atoms with Gasteiger partial charge in [0.1, 0.15) is 11.1 Å². The van der Waals surface area contributed by atoms with Crippen LogP contribution in [-0.4, -0.2) is 20.1 Å². The van der Waals surface area contributed by atoms with Gasteiger partial charge in [-0.2, -0.15) is 5.26 Å². The van der Waals surface area contributed by atoms with E-state index in [-0.39, 0.29) is 16.2 Å². The predicted octanol–water partition coefficient (Wildman–Crippen LogP) is 3.93. The number of nitrogens with one attached hydrogen (secondary N) is 1. The van der Waals surface area contributed by atoms with Crippen molar-refractivity contribution in [2.45, 2.75) is 43.9 Å². The lowest BCUT2D eigenvalue weighted by Gasteiger charge is -2.06. The number of aryl methyl sites for hydroxylation is 1. The lowest BCUT2D eigenvalue weighted by Crippen LogP contribution is -2.13. The highest BCUT2D eigenvalue weighted by Gasteiger charge is 2.22. The average Bonchev–Trinajstić information content (AvgIpc) is 2.81. The summed E-state index contributed by atoms with van der Waals surface area (Å²) in [6, 6.07) is 8.25. The Hall–Kier alpha value is -2.17. The van der Waals surface area contributed by atoms with Crippen LogP contribution < -0.4 is 5.32 Å². The van der Waals surface area contributed by atoms with E-state index in [1.807, 2.05) is 0 Å². The van der Waals surface area contributed by atoms with Crippen molar-refractivity contribution in [3.8, 4) is 6.07 Å². The second kappa shape index (κ2) is 7.60. The zero-order valence-electron chi connectivity index (χ0n) is 14.5. The summed E-state index contributed by atoms with van der Waals surface area (Å²) in [6.07, 6.45) is 5.13. The van der Waals surface area contributed by atoms with E-state index in [9.17, 15) is 18.5 Å². The molecule has 0 unspecified atom stereocenters. The molecular weight excluding hydrogens is 368 g/mol. The van der Waals surface area contributed by atoms with Crippen molar-refractivity contribution in [1.82, 2.24) is 0 Å². The summed E-state index contributed by atoms with van der Waals surface area (Å²) in [7, 11) is -3.38. The molecule has 0 spiro atoms. The van der Waals surface area contributed by atoms with Crippen molar-refractivity contribution in [2.24, 2.45) is 0 Å². The molecule has 3 rings (SSSR count). The number of thiophene rings is 1. The first-order chi connectivity index (χ1) is 12.5. The van der Waals surface area contributed by atoms with Gasteiger partial charge in [0.15, 0.2) is 9.84 Å². The summed E-state index contributed by atoms with van der Waals surface area (Å²) in [5, 5.41) is 12.9. The Morgan fingerprint density at radius 2 is 2.04 bits per heavy atom. The fourth-order valence-electron chi connectivity index (χ4n) is 3.12. The Labute approximate surface area is 157 Å². The number of anilines is 1. The number of amides is 1. The Morgan fingerprint density at radius 1 is 1.27 bits per heavy atom. The molecule has 1 aliphatic carbocycles. The Morgan fingerprint density at radius 3 is 2.77 bits per heavy atom. The van der Waals surface area contributed by atoms with E-state index in [0.29, 0.717) is 10.6 Å².